The Hall–Kier alpha value is -0.550. The van der Waals surface area contributed by atoms with Gasteiger partial charge in [-0.15, -0.1) is 0 Å². The normalized spacial score (nSPS) is 26.7. The molecule has 2 unspecified atom stereocenters. The van der Waals surface area contributed by atoms with Crippen LogP contribution in [0.2, 0.25) is 0 Å². The van der Waals surface area contributed by atoms with Gasteiger partial charge in [0.05, 0.1) is 10.5 Å². The van der Waals surface area contributed by atoms with Crippen molar-refractivity contribution in [3.8, 4) is 0 Å². The molecule has 1 aromatic carbocycles. The van der Waals surface area contributed by atoms with E-state index in [-0.39, 0.29) is 5.82 Å². The maximum absolute atomic E-state index is 13.1. The van der Waals surface area contributed by atoms with Crippen LogP contribution in [-0.2, 0) is 0 Å². The second-order valence-corrected chi connectivity index (χ2v) is 6.62. The van der Waals surface area contributed by atoms with Gasteiger partial charge in [0.25, 0.3) is 0 Å². The van der Waals surface area contributed by atoms with Crippen LogP contribution >= 0.6 is 27.7 Å². The van der Waals surface area contributed by atoms with E-state index < -0.39 is 0 Å². The van der Waals surface area contributed by atoms with Gasteiger partial charge in [0.2, 0.25) is 0 Å². The molecule has 0 spiro atoms. The van der Waals surface area contributed by atoms with Crippen LogP contribution < -0.4 is 5.32 Å². The summed E-state index contributed by atoms with van der Waals surface area (Å²) in [4.78, 5) is 4.75. The minimum absolute atomic E-state index is 0.241. The lowest BCUT2D eigenvalue weighted by atomic mass is 10.1. The summed E-state index contributed by atoms with van der Waals surface area (Å²) in [6.45, 7) is 0. The fraction of sp³-hybridized carbons (Fsp3) is 0.462. The number of thioether (sulfide) groups is 1. The lowest BCUT2D eigenvalue weighted by molar-refractivity contribution is 0.535. The summed E-state index contributed by atoms with van der Waals surface area (Å²) >= 11 is 4.97. The Morgan fingerprint density at radius 3 is 3.11 bits per heavy atom. The van der Waals surface area contributed by atoms with Gasteiger partial charge in [-0.25, -0.2) is 4.39 Å². The summed E-state index contributed by atoms with van der Waals surface area (Å²) < 4.78 is 13.6. The van der Waals surface area contributed by atoms with Crippen LogP contribution in [0.25, 0.3) is 0 Å². The van der Waals surface area contributed by atoms with Crippen LogP contribution in [0, 0.1) is 11.7 Å². The van der Waals surface area contributed by atoms with Crippen molar-refractivity contribution in [3.63, 3.8) is 0 Å². The molecule has 1 aliphatic carbocycles. The molecule has 0 aromatic heterocycles. The molecule has 1 aromatic rings. The zero-order chi connectivity index (χ0) is 12.5. The molecule has 1 saturated carbocycles. The van der Waals surface area contributed by atoms with Gasteiger partial charge < -0.3 is 5.32 Å². The van der Waals surface area contributed by atoms with E-state index in [4.69, 9.17) is 4.99 Å². The molecule has 0 bridgehead atoms. The Balaban J connectivity index is 1.74. The summed E-state index contributed by atoms with van der Waals surface area (Å²) in [6, 6.07) is 5.44. The molecule has 0 saturated heterocycles. The number of hydrogen-bond donors (Lipinski definition) is 1. The molecule has 0 amide bonds. The highest BCUT2D eigenvalue weighted by molar-refractivity contribution is 9.10. The van der Waals surface area contributed by atoms with Crippen LogP contribution in [0.1, 0.15) is 19.3 Å². The van der Waals surface area contributed by atoms with Gasteiger partial charge in [-0.1, -0.05) is 18.2 Å². The van der Waals surface area contributed by atoms with Crippen LogP contribution in [0.4, 0.5) is 10.1 Å². The lowest BCUT2D eigenvalue weighted by Crippen LogP contribution is -2.25. The van der Waals surface area contributed by atoms with Crippen molar-refractivity contribution >= 4 is 38.5 Å². The van der Waals surface area contributed by atoms with Crippen LogP contribution in [0.3, 0.4) is 0 Å². The molecule has 1 heterocycles. The van der Waals surface area contributed by atoms with Crippen molar-refractivity contribution in [3.05, 3.63) is 28.5 Å². The maximum Gasteiger partial charge on any atom is 0.161 e. The molecule has 2 nitrogen and oxygen atoms in total. The Labute approximate surface area is 119 Å². The van der Waals surface area contributed by atoms with Gasteiger partial charge in [-0.05, 0) is 52.9 Å². The van der Waals surface area contributed by atoms with Gasteiger partial charge in [0.1, 0.15) is 5.82 Å². The minimum atomic E-state index is -0.241. The van der Waals surface area contributed by atoms with E-state index in [2.05, 4.69) is 21.2 Å². The Bertz CT molecular complexity index is 492. The van der Waals surface area contributed by atoms with E-state index in [1.54, 1.807) is 23.9 Å². The maximum atomic E-state index is 13.1. The van der Waals surface area contributed by atoms with Crippen LogP contribution in [-0.4, -0.2) is 17.0 Å². The number of amidine groups is 1. The van der Waals surface area contributed by atoms with Crippen LogP contribution in [0.15, 0.2) is 27.7 Å². The Morgan fingerprint density at radius 2 is 2.28 bits per heavy atom. The zero-order valence-corrected chi connectivity index (χ0v) is 12.2. The number of hydrogen-bond acceptors (Lipinski definition) is 3. The fourth-order valence-electron chi connectivity index (χ4n) is 2.52. The molecule has 18 heavy (non-hydrogen) atoms. The zero-order valence-electron chi connectivity index (χ0n) is 9.83. The molecule has 1 fully saturated rings. The molecule has 2 atom stereocenters. The first-order valence-electron chi connectivity index (χ1n) is 6.15. The third kappa shape index (κ3) is 2.57. The van der Waals surface area contributed by atoms with E-state index in [0.29, 0.717) is 10.5 Å². The standard InChI is InChI=1S/C13H14BrFN2S/c14-10-6-9(4-5-11(10)15)16-13-17-12-3-1-2-8(12)7-18-13/h4-6,8,12H,1-3,7H2,(H,16,17). The van der Waals surface area contributed by atoms with Crippen molar-refractivity contribution in [2.24, 2.45) is 10.9 Å². The van der Waals surface area contributed by atoms with Crippen molar-refractivity contribution in [2.45, 2.75) is 25.3 Å². The molecule has 96 valence electrons. The molecular formula is C13H14BrFN2S. The topological polar surface area (TPSA) is 24.4 Å². The smallest absolute Gasteiger partial charge is 0.161 e. The van der Waals surface area contributed by atoms with E-state index in [0.717, 1.165) is 22.5 Å². The van der Waals surface area contributed by atoms with Gasteiger partial charge in [-0.2, -0.15) is 0 Å². The van der Waals surface area contributed by atoms with Gasteiger partial charge in [0.15, 0.2) is 5.17 Å². The highest BCUT2D eigenvalue weighted by Crippen LogP contribution is 2.35. The SMILES string of the molecule is Fc1ccc(NC2=NC3CCCC3CS2)cc1Br. The van der Waals surface area contributed by atoms with E-state index in [1.165, 1.54) is 25.3 Å². The number of anilines is 1. The Morgan fingerprint density at radius 1 is 1.39 bits per heavy atom. The Kier molecular flexibility index (Phi) is 3.61. The molecule has 2 aliphatic rings. The third-order valence-electron chi connectivity index (χ3n) is 3.51. The number of rotatable bonds is 1. The fourth-order valence-corrected chi connectivity index (χ4v) is 4.06. The molecule has 5 heteroatoms. The van der Waals surface area contributed by atoms with E-state index in [1.807, 2.05) is 0 Å². The van der Waals surface area contributed by atoms with E-state index in [9.17, 15) is 4.39 Å². The second-order valence-electron chi connectivity index (χ2n) is 4.76. The monoisotopic (exact) mass is 328 g/mol. The summed E-state index contributed by atoms with van der Waals surface area (Å²) in [7, 11) is 0. The quantitative estimate of drug-likeness (QED) is 0.832. The average molecular weight is 329 g/mol. The third-order valence-corrected chi connectivity index (χ3v) is 5.19. The van der Waals surface area contributed by atoms with Crippen LogP contribution in [0.5, 0.6) is 0 Å². The van der Waals surface area contributed by atoms with Crippen molar-refractivity contribution in [1.82, 2.24) is 0 Å². The summed E-state index contributed by atoms with van der Waals surface area (Å²) in [5, 5.41) is 4.25. The average Bonchev–Trinajstić information content (AvgIpc) is 2.81. The number of halogens is 2. The summed E-state index contributed by atoms with van der Waals surface area (Å²) in [5.74, 6) is 1.67. The largest absolute Gasteiger partial charge is 0.335 e. The first kappa shape index (κ1) is 12.5. The van der Waals surface area contributed by atoms with Gasteiger partial charge >= 0.3 is 0 Å². The highest BCUT2D eigenvalue weighted by Gasteiger charge is 2.30. The molecule has 3 rings (SSSR count). The first-order valence-corrected chi connectivity index (χ1v) is 7.93. The number of fused-ring (bicyclic) bond motifs is 1. The molecule has 0 radical (unpaired) electrons. The van der Waals surface area contributed by atoms with E-state index >= 15 is 0 Å². The predicted molar refractivity (Wildman–Crippen MR) is 78.7 cm³/mol. The number of benzene rings is 1. The predicted octanol–water partition coefficient (Wildman–Crippen LogP) is 4.27. The lowest BCUT2D eigenvalue weighted by Gasteiger charge is -2.23. The van der Waals surface area contributed by atoms with Gasteiger partial charge in [0, 0.05) is 11.4 Å². The number of aliphatic imine (C=N–C) groups is 1. The minimum Gasteiger partial charge on any atom is -0.335 e. The summed E-state index contributed by atoms with van der Waals surface area (Å²) in [5.41, 5.74) is 0.881. The van der Waals surface area contributed by atoms with Gasteiger partial charge in [-0.3, -0.25) is 4.99 Å². The number of nitrogens with one attached hydrogen (secondary N) is 1. The molecule has 1 N–H and O–H groups in total. The highest BCUT2D eigenvalue weighted by atomic mass is 79.9. The van der Waals surface area contributed by atoms with Crippen molar-refractivity contribution < 1.29 is 4.39 Å². The second kappa shape index (κ2) is 5.21. The summed E-state index contributed by atoms with van der Waals surface area (Å²) in [6.07, 6.45) is 3.83. The van der Waals surface area contributed by atoms with Crippen molar-refractivity contribution in [1.29, 1.82) is 0 Å². The molecular weight excluding hydrogens is 315 g/mol. The molecule has 1 aliphatic heterocycles. The number of nitrogens with zero attached hydrogens (tertiary/aromatic N) is 1. The van der Waals surface area contributed by atoms with Crippen molar-refractivity contribution in [2.75, 3.05) is 11.1 Å². The first-order chi connectivity index (χ1) is 8.72.